The molecule has 0 saturated carbocycles. The van der Waals surface area contributed by atoms with Gasteiger partial charge in [-0.2, -0.15) is 4.31 Å². The first-order chi connectivity index (χ1) is 23.6. The van der Waals surface area contributed by atoms with Gasteiger partial charge in [-0.25, -0.2) is 18.0 Å². The van der Waals surface area contributed by atoms with Gasteiger partial charge in [0.25, 0.3) is 0 Å². The fourth-order valence-corrected chi connectivity index (χ4v) is 8.35. The predicted molar refractivity (Wildman–Crippen MR) is 175 cm³/mol. The van der Waals surface area contributed by atoms with E-state index in [0.717, 1.165) is 12.0 Å². The van der Waals surface area contributed by atoms with E-state index in [-0.39, 0.29) is 68.0 Å². The first kappa shape index (κ1) is 35.5. The summed E-state index contributed by atoms with van der Waals surface area (Å²) in [6.45, 7) is 5.15. The van der Waals surface area contributed by atoms with Crippen LogP contribution in [0.2, 0.25) is 0 Å². The van der Waals surface area contributed by atoms with Crippen molar-refractivity contribution in [3.05, 3.63) is 60.2 Å². The molecule has 0 bridgehead atoms. The fraction of sp³-hybridized carbons (Fsp3) is 0.588. The molecule has 0 aromatic heterocycles. The number of aliphatic hydroxyl groups excluding tert-OH is 1. The monoisotopic (exact) mass is 703 g/mol. The van der Waals surface area contributed by atoms with Crippen LogP contribution in [-0.2, 0) is 44.9 Å². The summed E-state index contributed by atoms with van der Waals surface area (Å²) in [6, 6.07) is 14.2. The van der Waals surface area contributed by atoms with Crippen molar-refractivity contribution in [2.24, 2.45) is 17.8 Å². The van der Waals surface area contributed by atoms with Gasteiger partial charge in [0, 0.05) is 18.8 Å². The Bertz CT molecular complexity index is 1530. The predicted octanol–water partition coefficient (Wildman–Crippen LogP) is 3.10. The lowest BCUT2D eigenvalue weighted by Crippen LogP contribution is -2.51. The van der Waals surface area contributed by atoms with Gasteiger partial charge in [0.05, 0.1) is 55.3 Å². The molecule has 0 aliphatic carbocycles. The number of hydrogen-bond acceptors (Lipinski definition) is 11. The molecule has 15 heteroatoms. The minimum atomic E-state index is -4.10. The van der Waals surface area contributed by atoms with E-state index in [4.69, 9.17) is 28.4 Å². The summed E-state index contributed by atoms with van der Waals surface area (Å²) in [5.41, 5.74) is 1.20. The third kappa shape index (κ3) is 8.71. The molecule has 6 rings (SSSR count). The Labute approximate surface area is 286 Å². The van der Waals surface area contributed by atoms with Gasteiger partial charge in [0.2, 0.25) is 10.0 Å². The first-order valence-electron chi connectivity index (χ1n) is 16.8. The van der Waals surface area contributed by atoms with Crippen molar-refractivity contribution in [1.29, 1.82) is 0 Å². The van der Waals surface area contributed by atoms with Crippen LogP contribution < -0.4 is 10.6 Å². The standard InChI is InChI=1S/C34H45N3O11S/c1-21(2)17-37(49(41,42)24-10-8-23(9-11-24)35-33(39)47-29-19-45-31-25(29)12-14-43-31)18-28(38)27(16-22-6-4-3-5-7-22)36-34(40)48-30-20-46-32-26(30)13-15-44-32/h3-11,21,25-32,38H,12-20H2,1-2H3,(H,35,39)(H,36,40)/t25-,26?,27+,28-,29-,30+,31+,32-/m1/s1. The molecule has 49 heavy (non-hydrogen) atoms. The Kier molecular flexibility index (Phi) is 11.4. The molecule has 4 heterocycles. The number of rotatable bonds is 13. The van der Waals surface area contributed by atoms with E-state index in [9.17, 15) is 23.1 Å². The zero-order valence-corrected chi connectivity index (χ0v) is 28.5. The largest absolute Gasteiger partial charge is 0.443 e. The van der Waals surface area contributed by atoms with E-state index in [1.807, 2.05) is 44.2 Å². The van der Waals surface area contributed by atoms with Gasteiger partial charge in [-0.1, -0.05) is 44.2 Å². The molecule has 8 atom stereocenters. The topological polar surface area (TPSA) is 171 Å². The van der Waals surface area contributed by atoms with Gasteiger partial charge in [-0.3, -0.25) is 5.32 Å². The quantitative estimate of drug-likeness (QED) is 0.280. The van der Waals surface area contributed by atoms with Gasteiger partial charge in [0.1, 0.15) is 12.2 Å². The second kappa shape index (κ2) is 15.7. The molecule has 4 fully saturated rings. The molecule has 2 aromatic rings. The highest BCUT2D eigenvalue weighted by atomic mass is 32.2. The van der Waals surface area contributed by atoms with E-state index in [1.54, 1.807) is 0 Å². The normalized spacial score (nSPS) is 27.4. The van der Waals surface area contributed by atoms with Gasteiger partial charge < -0.3 is 38.8 Å². The number of anilines is 1. The number of carbonyl (C=O) groups excluding carboxylic acids is 2. The van der Waals surface area contributed by atoms with E-state index in [0.29, 0.717) is 25.3 Å². The van der Waals surface area contributed by atoms with E-state index >= 15 is 0 Å². The Balaban J connectivity index is 1.11. The van der Waals surface area contributed by atoms with Crippen molar-refractivity contribution in [3.63, 3.8) is 0 Å². The molecule has 4 saturated heterocycles. The van der Waals surface area contributed by atoms with Gasteiger partial charge in [0.15, 0.2) is 12.6 Å². The van der Waals surface area contributed by atoms with Crippen LogP contribution in [-0.4, -0.2) is 106 Å². The maximum atomic E-state index is 14.0. The summed E-state index contributed by atoms with van der Waals surface area (Å²) in [5, 5.41) is 17.0. The van der Waals surface area contributed by atoms with Crippen LogP contribution in [0.5, 0.6) is 0 Å². The summed E-state index contributed by atoms with van der Waals surface area (Å²) >= 11 is 0. The number of alkyl carbamates (subject to hydrolysis) is 1. The number of nitrogens with zero attached hydrogens (tertiary/aromatic N) is 1. The lowest BCUT2D eigenvalue weighted by molar-refractivity contribution is -0.0909. The number of hydrogen-bond donors (Lipinski definition) is 3. The van der Waals surface area contributed by atoms with Crippen molar-refractivity contribution in [2.75, 3.05) is 44.8 Å². The molecule has 1 unspecified atom stereocenters. The molecular weight excluding hydrogens is 658 g/mol. The Morgan fingerprint density at radius 1 is 0.857 bits per heavy atom. The van der Waals surface area contributed by atoms with Crippen molar-refractivity contribution in [2.45, 2.75) is 74.9 Å². The van der Waals surface area contributed by atoms with Crippen molar-refractivity contribution in [3.8, 4) is 0 Å². The van der Waals surface area contributed by atoms with Crippen molar-refractivity contribution >= 4 is 27.9 Å². The maximum absolute atomic E-state index is 14.0. The molecule has 268 valence electrons. The lowest BCUT2D eigenvalue weighted by Gasteiger charge is -2.31. The van der Waals surface area contributed by atoms with Crippen LogP contribution in [0.1, 0.15) is 32.3 Å². The molecule has 3 N–H and O–H groups in total. The van der Waals surface area contributed by atoms with Crippen molar-refractivity contribution in [1.82, 2.24) is 9.62 Å². The molecule has 0 spiro atoms. The molecule has 4 aliphatic rings. The number of fused-ring (bicyclic) bond motifs is 2. The highest BCUT2D eigenvalue weighted by Gasteiger charge is 2.45. The highest BCUT2D eigenvalue weighted by Crippen LogP contribution is 2.34. The van der Waals surface area contributed by atoms with Gasteiger partial charge in [-0.05, 0) is 55.0 Å². The molecule has 4 aliphatic heterocycles. The lowest BCUT2D eigenvalue weighted by atomic mass is 10.0. The third-order valence-electron chi connectivity index (χ3n) is 9.25. The van der Waals surface area contributed by atoms with Crippen molar-refractivity contribution < 1.29 is 51.5 Å². The zero-order valence-electron chi connectivity index (χ0n) is 27.6. The molecule has 14 nitrogen and oxygen atoms in total. The molecule has 2 amide bonds. The fourth-order valence-electron chi connectivity index (χ4n) is 6.73. The summed E-state index contributed by atoms with van der Waals surface area (Å²) in [5.74, 6) is -0.138. The molecular formula is C34H45N3O11S. The van der Waals surface area contributed by atoms with E-state index in [1.165, 1.54) is 28.6 Å². The summed E-state index contributed by atoms with van der Waals surface area (Å²) < 4.78 is 62.5. The minimum absolute atomic E-state index is 0.00891. The average Bonchev–Trinajstić information content (AvgIpc) is 3.87. The van der Waals surface area contributed by atoms with Gasteiger partial charge >= 0.3 is 12.2 Å². The van der Waals surface area contributed by atoms with Crippen LogP contribution in [0.25, 0.3) is 0 Å². The number of carbonyl (C=O) groups is 2. The Hall–Kier alpha value is -3.31. The summed E-state index contributed by atoms with van der Waals surface area (Å²) in [7, 11) is -4.10. The number of sulfonamides is 1. The second-order valence-electron chi connectivity index (χ2n) is 13.3. The van der Waals surface area contributed by atoms with Gasteiger partial charge in [-0.15, -0.1) is 0 Å². The number of ether oxygens (including phenoxy) is 6. The number of aliphatic hydroxyl groups is 1. The average molecular weight is 704 g/mol. The number of nitrogens with one attached hydrogen (secondary N) is 2. The van der Waals surface area contributed by atoms with Crippen LogP contribution in [0.3, 0.4) is 0 Å². The van der Waals surface area contributed by atoms with E-state index < -0.39 is 46.6 Å². The number of benzene rings is 2. The van der Waals surface area contributed by atoms with Crippen LogP contribution >= 0.6 is 0 Å². The summed E-state index contributed by atoms with van der Waals surface area (Å²) in [6.07, 6.45) is -2.63. The number of amides is 2. The Morgan fingerprint density at radius 3 is 2.04 bits per heavy atom. The second-order valence-corrected chi connectivity index (χ2v) is 15.2. The summed E-state index contributed by atoms with van der Waals surface area (Å²) in [4.78, 5) is 25.7. The van der Waals surface area contributed by atoms with Crippen LogP contribution in [0.4, 0.5) is 15.3 Å². The zero-order chi connectivity index (χ0) is 34.5. The van der Waals surface area contributed by atoms with E-state index in [2.05, 4.69) is 10.6 Å². The van der Waals surface area contributed by atoms with Crippen LogP contribution in [0, 0.1) is 17.8 Å². The highest BCUT2D eigenvalue weighted by molar-refractivity contribution is 7.89. The minimum Gasteiger partial charge on any atom is -0.443 e. The maximum Gasteiger partial charge on any atom is 0.411 e. The third-order valence-corrected chi connectivity index (χ3v) is 11.1. The molecule has 0 radical (unpaired) electrons. The first-order valence-corrected chi connectivity index (χ1v) is 18.2. The smallest absolute Gasteiger partial charge is 0.411 e. The molecule has 2 aromatic carbocycles. The Morgan fingerprint density at radius 2 is 1.45 bits per heavy atom. The van der Waals surface area contributed by atoms with Crippen LogP contribution in [0.15, 0.2) is 59.5 Å². The SMILES string of the molecule is CC(C)CN(C[C@@H](O)[C@H](Cc1ccccc1)NC(=O)O[C@H]1CO[C@H]2OCCC21)S(=O)(=O)c1ccc(NC(=O)O[C@@H]2CO[C@@H]3OCC[C@@H]32)cc1.